The van der Waals surface area contributed by atoms with Crippen molar-refractivity contribution in [2.45, 2.75) is 31.9 Å². The van der Waals surface area contributed by atoms with Gasteiger partial charge in [-0.25, -0.2) is 4.98 Å². The van der Waals surface area contributed by atoms with E-state index in [4.69, 9.17) is 22.1 Å². The summed E-state index contributed by atoms with van der Waals surface area (Å²) in [7, 11) is 0. The van der Waals surface area contributed by atoms with Crippen LogP contribution < -0.4 is 15.8 Å². The summed E-state index contributed by atoms with van der Waals surface area (Å²) in [4.78, 5) is 8.52. The van der Waals surface area contributed by atoms with Gasteiger partial charge in [-0.1, -0.05) is 11.6 Å². The Kier molecular flexibility index (Phi) is 5.98. The number of aliphatic hydroxyl groups is 1. The van der Waals surface area contributed by atoms with Crippen LogP contribution in [0.5, 0.6) is 5.75 Å². The number of hydrogen-bond donors (Lipinski definition) is 3. The predicted octanol–water partition coefficient (Wildman–Crippen LogP) is 4.67. The molecule has 1 aliphatic rings. The first-order valence-electron chi connectivity index (χ1n) is 9.80. The molecule has 0 amide bonds. The van der Waals surface area contributed by atoms with E-state index in [2.05, 4.69) is 15.3 Å². The minimum atomic E-state index is -4.56. The largest absolute Gasteiger partial charge is 0.482 e. The zero-order valence-corrected chi connectivity index (χ0v) is 17.7. The van der Waals surface area contributed by atoms with Crippen molar-refractivity contribution in [2.24, 2.45) is 0 Å². The van der Waals surface area contributed by atoms with Crippen LogP contribution in [0.25, 0.3) is 11.1 Å². The molecule has 3 aromatic rings. The van der Waals surface area contributed by atoms with Crippen LogP contribution in [0.2, 0.25) is 5.02 Å². The van der Waals surface area contributed by atoms with Gasteiger partial charge in [-0.2, -0.15) is 13.2 Å². The number of hydrogen-bond acceptors (Lipinski definition) is 6. The number of halogens is 4. The molecule has 4 N–H and O–H groups in total. The zero-order chi connectivity index (χ0) is 23.0. The molecule has 10 heteroatoms. The molecule has 6 nitrogen and oxygen atoms in total. The fourth-order valence-electron chi connectivity index (χ4n) is 3.63. The summed E-state index contributed by atoms with van der Waals surface area (Å²) in [6, 6.07) is 6.74. The third kappa shape index (κ3) is 4.50. The number of pyridine rings is 2. The molecule has 168 valence electrons. The number of benzene rings is 1. The quantitative estimate of drug-likeness (QED) is 0.519. The summed E-state index contributed by atoms with van der Waals surface area (Å²) in [5, 5.41) is 13.5. The molecular formula is C22H20ClF3N4O2. The minimum absolute atomic E-state index is 0.0336. The molecule has 4 rings (SSSR count). The Morgan fingerprint density at radius 1 is 1.19 bits per heavy atom. The van der Waals surface area contributed by atoms with E-state index in [1.807, 2.05) is 6.07 Å². The third-order valence-electron chi connectivity index (χ3n) is 5.27. The topological polar surface area (TPSA) is 93.3 Å². The van der Waals surface area contributed by atoms with E-state index in [0.717, 1.165) is 11.8 Å². The Bertz CT molecular complexity index is 1160. The van der Waals surface area contributed by atoms with Gasteiger partial charge in [0.05, 0.1) is 17.4 Å². The maximum absolute atomic E-state index is 13.4. The molecule has 1 aliphatic heterocycles. The molecule has 0 aliphatic carbocycles. The average Bonchev–Trinajstić information content (AvgIpc) is 2.74. The molecular weight excluding hydrogens is 445 g/mol. The number of anilines is 1. The van der Waals surface area contributed by atoms with E-state index >= 15 is 0 Å². The molecule has 0 saturated heterocycles. The number of nitrogens with one attached hydrogen (secondary N) is 1. The highest BCUT2D eigenvalue weighted by Gasteiger charge is 2.35. The molecule has 0 spiro atoms. The number of aliphatic hydroxyl groups excluding tert-OH is 1. The van der Waals surface area contributed by atoms with Gasteiger partial charge < -0.3 is 20.9 Å². The molecule has 0 radical (unpaired) electrons. The number of rotatable bonds is 4. The van der Waals surface area contributed by atoms with E-state index in [-0.39, 0.29) is 22.2 Å². The number of ether oxygens (including phenoxy) is 1. The lowest BCUT2D eigenvalue weighted by molar-refractivity contribution is -0.138. The summed E-state index contributed by atoms with van der Waals surface area (Å²) < 4.78 is 46.1. The van der Waals surface area contributed by atoms with Gasteiger partial charge in [0, 0.05) is 52.8 Å². The van der Waals surface area contributed by atoms with Gasteiger partial charge in [0.1, 0.15) is 6.10 Å². The number of aromatic nitrogens is 2. The Hall–Kier alpha value is -2.88. The van der Waals surface area contributed by atoms with Crippen molar-refractivity contribution >= 4 is 17.4 Å². The average molecular weight is 465 g/mol. The fraction of sp³-hybridized carbons (Fsp3) is 0.273. The Morgan fingerprint density at radius 2 is 1.91 bits per heavy atom. The third-order valence-corrected chi connectivity index (χ3v) is 5.50. The van der Waals surface area contributed by atoms with E-state index in [1.54, 1.807) is 12.3 Å². The van der Waals surface area contributed by atoms with Crippen LogP contribution in [-0.2, 0) is 12.7 Å². The van der Waals surface area contributed by atoms with Gasteiger partial charge in [0.2, 0.25) is 0 Å². The van der Waals surface area contributed by atoms with Crippen LogP contribution in [0.15, 0.2) is 42.7 Å². The van der Waals surface area contributed by atoms with Crippen LogP contribution in [0.1, 0.15) is 41.5 Å². The Labute approximate surface area is 187 Å². The predicted molar refractivity (Wildman–Crippen MR) is 114 cm³/mol. The normalized spacial score (nSPS) is 17.0. The van der Waals surface area contributed by atoms with Crippen molar-refractivity contribution in [1.29, 1.82) is 0 Å². The van der Waals surface area contributed by atoms with Gasteiger partial charge in [0.25, 0.3) is 0 Å². The highest BCUT2D eigenvalue weighted by Crippen LogP contribution is 2.38. The lowest BCUT2D eigenvalue weighted by Crippen LogP contribution is -2.28. The van der Waals surface area contributed by atoms with Crippen LogP contribution in [0.3, 0.4) is 0 Å². The van der Waals surface area contributed by atoms with Crippen LogP contribution in [0, 0.1) is 0 Å². The lowest BCUT2D eigenvalue weighted by atomic mass is 9.99. The van der Waals surface area contributed by atoms with E-state index in [0.29, 0.717) is 29.8 Å². The molecule has 3 heterocycles. The van der Waals surface area contributed by atoms with Gasteiger partial charge in [-0.05, 0) is 37.3 Å². The summed E-state index contributed by atoms with van der Waals surface area (Å²) in [6.45, 7) is 2.46. The second-order valence-corrected chi connectivity index (χ2v) is 7.94. The monoisotopic (exact) mass is 464 g/mol. The summed E-state index contributed by atoms with van der Waals surface area (Å²) in [6.07, 6.45) is -3.10. The lowest BCUT2D eigenvalue weighted by Gasteiger charge is -2.22. The van der Waals surface area contributed by atoms with Crippen molar-refractivity contribution in [1.82, 2.24) is 15.3 Å². The second kappa shape index (κ2) is 8.57. The van der Waals surface area contributed by atoms with Gasteiger partial charge in [-0.15, -0.1) is 0 Å². The molecule has 2 aromatic heterocycles. The number of β-amino-alcohol motifs (C(OH)–C–C–N with tert-alkyl or cyclic N) is 1. The van der Waals surface area contributed by atoms with Gasteiger partial charge in [-0.3, -0.25) is 4.98 Å². The summed E-state index contributed by atoms with van der Waals surface area (Å²) >= 11 is 5.93. The smallest absolute Gasteiger partial charge is 0.416 e. The molecule has 0 saturated carbocycles. The highest BCUT2D eigenvalue weighted by atomic mass is 35.5. The van der Waals surface area contributed by atoms with E-state index in [9.17, 15) is 18.3 Å². The van der Waals surface area contributed by atoms with Crippen molar-refractivity contribution in [3.8, 4) is 16.9 Å². The van der Waals surface area contributed by atoms with Crippen molar-refractivity contribution in [3.05, 3.63) is 70.1 Å². The van der Waals surface area contributed by atoms with E-state index in [1.165, 1.54) is 25.3 Å². The number of nitrogens with two attached hydrogens (primary N) is 1. The zero-order valence-electron chi connectivity index (χ0n) is 16.9. The first-order chi connectivity index (χ1) is 15.1. The molecule has 2 atom stereocenters. The van der Waals surface area contributed by atoms with Gasteiger partial charge in [0.15, 0.2) is 11.6 Å². The Balaban J connectivity index is 1.66. The van der Waals surface area contributed by atoms with Crippen LogP contribution in [0.4, 0.5) is 19.0 Å². The standard InChI is InChI=1S/C22H20ClF3N4O2/c1-11(15-6-14(23)2-3-17(15)22(24,25)26)32-20-5-13(8-30-21(20)27)12-4-16-18(29-7-12)9-28-10-19(16)31/h2-8,11,19,28,31H,9-10H2,1H3,(H2,27,30). The molecule has 2 unspecified atom stereocenters. The van der Waals surface area contributed by atoms with Crippen LogP contribution in [-0.4, -0.2) is 21.6 Å². The maximum atomic E-state index is 13.4. The summed E-state index contributed by atoms with van der Waals surface area (Å²) in [5.74, 6) is 0.161. The number of alkyl halides is 3. The van der Waals surface area contributed by atoms with Crippen molar-refractivity contribution < 1.29 is 23.0 Å². The van der Waals surface area contributed by atoms with Crippen molar-refractivity contribution in [2.75, 3.05) is 12.3 Å². The maximum Gasteiger partial charge on any atom is 0.416 e. The highest BCUT2D eigenvalue weighted by molar-refractivity contribution is 6.30. The number of nitrogens with zero attached hydrogens (tertiary/aromatic N) is 2. The second-order valence-electron chi connectivity index (χ2n) is 7.50. The summed E-state index contributed by atoms with van der Waals surface area (Å²) in [5.41, 5.74) is 7.73. The fourth-order valence-corrected chi connectivity index (χ4v) is 3.81. The minimum Gasteiger partial charge on any atom is -0.482 e. The number of fused-ring (bicyclic) bond motifs is 1. The first-order valence-corrected chi connectivity index (χ1v) is 10.2. The first kappa shape index (κ1) is 22.3. The molecule has 32 heavy (non-hydrogen) atoms. The van der Waals surface area contributed by atoms with Gasteiger partial charge >= 0.3 is 6.18 Å². The van der Waals surface area contributed by atoms with E-state index < -0.39 is 23.9 Å². The Morgan fingerprint density at radius 3 is 2.66 bits per heavy atom. The SMILES string of the molecule is CC(Oc1cc(-c2cnc3c(c2)C(O)CNC3)cnc1N)c1cc(Cl)ccc1C(F)(F)F. The molecule has 1 aromatic carbocycles. The number of nitrogen functional groups attached to an aromatic ring is 1. The molecule has 0 fully saturated rings. The van der Waals surface area contributed by atoms with Crippen LogP contribution >= 0.6 is 11.6 Å². The molecule has 0 bridgehead atoms. The van der Waals surface area contributed by atoms with Crippen molar-refractivity contribution in [3.63, 3.8) is 0 Å².